The van der Waals surface area contributed by atoms with Gasteiger partial charge in [0.25, 0.3) is 5.91 Å². The summed E-state index contributed by atoms with van der Waals surface area (Å²) in [5.41, 5.74) is 6.12. The molecule has 21 heavy (non-hydrogen) atoms. The number of nitrogens with one attached hydrogen (secondary N) is 1. The summed E-state index contributed by atoms with van der Waals surface area (Å²) in [5, 5.41) is 4.91. The molecule has 2 heterocycles. The van der Waals surface area contributed by atoms with Gasteiger partial charge in [-0.25, -0.2) is 0 Å². The van der Waals surface area contributed by atoms with Crippen LogP contribution in [-0.2, 0) is 4.74 Å². The fourth-order valence-electron chi connectivity index (χ4n) is 2.24. The maximum Gasteiger partial charge on any atom is 0.262 e. The van der Waals surface area contributed by atoms with E-state index in [0.717, 1.165) is 38.4 Å². The Bertz CT molecular complexity index is 527. The summed E-state index contributed by atoms with van der Waals surface area (Å²) in [5.74, 6) is 5.66. The van der Waals surface area contributed by atoms with Crippen molar-refractivity contribution in [1.29, 1.82) is 0 Å². The van der Waals surface area contributed by atoms with Crippen molar-refractivity contribution in [2.24, 2.45) is 5.73 Å². The van der Waals surface area contributed by atoms with Crippen LogP contribution in [0.25, 0.3) is 0 Å². The Morgan fingerprint density at radius 1 is 1.57 bits per heavy atom. The predicted octanol–water partition coefficient (Wildman–Crippen LogP) is 0.509. The van der Waals surface area contributed by atoms with Crippen molar-refractivity contribution in [2.75, 3.05) is 39.4 Å². The molecule has 114 valence electrons. The summed E-state index contributed by atoms with van der Waals surface area (Å²) in [7, 11) is 0. The fraction of sp³-hybridized carbons (Fsp3) is 0.533. The van der Waals surface area contributed by atoms with E-state index in [0.29, 0.717) is 11.4 Å². The molecule has 5 nitrogen and oxygen atoms in total. The number of amides is 1. The molecule has 1 saturated heterocycles. The van der Waals surface area contributed by atoms with Gasteiger partial charge in [-0.15, -0.1) is 11.3 Å². The molecular weight excluding hydrogens is 286 g/mol. The smallest absolute Gasteiger partial charge is 0.262 e. The highest BCUT2D eigenvalue weighted by molar-refractivity contribution is 7.12. The summed E-state index contributed by atoms with van der Waals surface area (Å²) < 4.78 is 5.32. The first-order valence-corrected chi connectivity index (χ1v) is 7.96. The van der Waals surface area contributed by atoms with Crippen LogP contribution in [-0.4, -0.2) is 56.2 Å². The number of carbonyl (C=O) groups is 1. The van der Waals surface area contributed by atoms with E-state index in [9.17, 15) is 4.79 Å². The summed E-state index contributed by atoms with van der Waals surface area (Å²) in [6.07, 6.45) is 0. The second-order valence-electron chi connectivity index (χ2n) is 4.96. The Balaban J connectivity index is 1.89. The molecular formula is C15H21N3O2S. The van der Waals surface area contributed by atoms with Gasteiger partial charge in [-0.05, 0) is 18.4 Å². The number of hydrogen-bond donors (Lipinski definition) is 2. The minimum atomic E-state index is -0.0629. The summed E-state index contributed by atoms with van der Waals surface area (Å²) in [6, 6.07) is 1.95. The third kappa shape index (κ3) is 4.83. The molecule has 1 amide bonds. The van der Waals surface area contributed by atoms with Gasteiger partial charge in [0.05, 0.1) is 19.8 Å². The van der Waals surface area contributed by atoms with Crippen molar-refractivity contribution in [3.8, 4) is 11.8 Å². The van der Waals surface area contributed by atoms with Gasteiger partial charge < -0.3 is 15.8 Å². The van der Waals surface area contributed by atoms with E-state index < -0.39 is 0 Å². The number of rotatable bonds is 4. The second kappa shape index (κ2) is 8.15. The van der Waals surface area contributed by atoms with Crippen LogP contribution in [0.3, 0.4) is 0 Å². The molecule has 2 rings (SSSR count). The average Bonchev–Trinajstić information content (AvgIpc) is 2.94. The van der Waals surface area contributed by atoms with Crippen LogP contribution in [0, 0.1) is 11.8 Å². The van der Waals surface area contributed by atoms with Crippen LogP contribution >= 0.6 is 11.3 Å². The standard InChI is InChI=1S/C15H21N3O2S/c1-12(11-18-6-8-20-9-7-18)17-15(19)14-13(3-2-5-16)4-10-21-14/h4,10,12H,5-9,11,16H2,1H3,(H,17,19). The molecule has 0 aliphatic carbocycles. The van der Waals surface area contributed by atoms with Gasteiger partial charge >= 0.3 is 0 Å². The number of thiophene rings is 1. The van der Waals surface area contributed by atoms with Crippen molar-refractivity contribution in [3.05, 3.63) is 21.9 Å². The Kier molecular flexibility index (Phi) is 6.21. The number of carbonyl (C=O) groups excluding carboxylic acids is 1. The van der Waals surface area contributed by atoms with Crippen LogP contribution in [0.15, 0.2) is 11.4 Å². The van der Waals surface area contributed by atoms with Crippen molar-refractivity contribution in [3.63, 3.8) is 0 Å². The van der Waals surface area contributed by atoms with Gasteiger partial charge in [0, 0.05) is 31.2 Å². The fourth-order valence-corrected chi connectivity index (χ4v) is 2.99. The highest BCUT2D eigenvalue weighted by Crippen LogP contribution is 2.15. The van der Waals surface area contributed by atoms with Gasteiger partial charge in [-0.1, -0.05) is 11.8 Å². The molecule has 0 aromatic carbocycles. The maximum absolute atomic E-state index is 12.3. The van der Waals surface area contributed by atoms with E-state index in [1.54, 1.807) is 0 Å². The van der Waals surface area contributed by atoms with E-state index in [2.05, 4.69) is 22.1 Å². The largest absolute Gasteiger partial charge is 0.379 e. The average molecular weight is 307 g/mol. The van der Waals surface area contributed by atoms with E-state index in [1.165, 1.54) is 11.3 Å². The van der Waals surface area contributed by atoms with Crippen LogP contribution in [0.1, 0.15) is 22.2 Å². The first-order chi connectivity index (χ1) is 10.2. The van der Waals surface area contributed by atoms with Crippen molar-refractivity contribution in [2.45, 2.75) is 13.0 Å². The molecule has 6 heteroatoms. The van der Waals surface area contributed by atoms with Crippen LogP contribution in [0.2, 0.25) is 0 Å². The van der Waals surface area contributed by atoms with Gasteiger partial charge in [0.2, 0.25) is 0 Å². The van der Waals surface area contributed by atoms with E-state index in [1.807, 2.05) is 18.4 Å². The van der Waals surface area contributed by atoms with Crippen LogP contribution < -0.4 is 11.1 Å². The quantitative estimate of drug-likeness (QED) is 0.795. The second-order valence-corrected chi connectivity index (χ2v) is 5.87. The molecule has 1 aromatic heterocycles. The van der Waals surface area contributed by atoms with Crippen molar-refractivity contribution < 1.29 is 9.53 Å². The Morgan fingerprint density at radius 2 is 2.33 bits per heavy atom. The van der Waals surface area contributed by atoms with Gasteiger partial charge in [0.1, 0.15) is 4.88 Å². The lowest BCUT2D eigenvalue weighted by atomic mass is 10.2. The molecule has 1 aliphatic rings. The molecule has 1 aromatic rings. The molecule has 1 unspecified atom stereocenters. The normalized spacial score (nSPS) is 16.9. The summed E-state index contributed by atoms with van der Waals surface area (Å²) in [4.78, 5) is 15.3. The van der Waals surface area contributed by atoms with E-state index in [4.69, 9.17) is 10.5 Å². The monoisotopic (exact) mass is 307 g/mol. The number of nitrogens with two attached hydrogens (primary N) is 1. The zero-order chi connectivity index (χ0) is 15.1. The zero-order valence-electron chi connectivity index (χ0n) is 12.2. The van der Waals surface area contributed by atoms with Crippen LogP contribution in [0.4, 0.5) is 0 Å². The predicted molar refractivity (Wildman–Crippen MR) is 84.4 cm³/mol. The Morgan fingerprint density at radius 3 is 3.05 bits per heavy atom. The lowest BCUT2D eigenvalue weighted by Crippen LogP contribution is -2.46. The first-order valence-electron chi connectivity index (χ1n) is 7.08. The topological polar surface area (TPSA) is 67.6 Å². The molecule has 1 atom stereocenters. The maximum atomic E-state index is 12.3. The van der Waals surface area contributed by atoms with Crippen molar-refractivity contribution in [1.82, 2.24) is 10.2 Å². The molecule has 0 radical (unpaired) electrons. The van der Waals surface area contributed by atoms with Crippen molar-refractivity contribution >= 4 is 17.2 Å². The minimum absolute atomic E-state index is 0.0629. The number of ether oxygens (including phenoxy) is 1. The molecule has 1 aliphatic heterocycles. The Hall–Kier alpha value is -1.39. The summed E-state index contributed by atoms with van der Waals surface area (Å²) >= 11 is 1.41. The van der Waals surface area contributed by atoms with E-state index in [-0.39, 0.29) is 11.9 Å². The van der Waals surface area contributed by atoms with Gasteiger partial charge in [-0.3, -0.25) is 9.69 Å². The minimum Gasteiger partial charge on any atom is -0.379 e. The number of morpholine rings is 1. The van der Waals surface area contributed by atoms with Gasteiger partial charge in [-0.2, -0.15) is 0 Å². The molecule has 3 N–H and O–H groups in total. The molecule has 0 spiro atoms. The third-order valence-electron chi connectivity index (χ3n) is 3.21. The lowest BCUT2D eigenvalue weighted by molar-refractivity contribution is 0.0342. The first kappa shape index (κ1) is 16.0. The van der Waals surface area contributed by atoms with Crippen LogP contribution in [0.5, 0.6) is 0 Å². The highest BCUT2D eigenvalue weighted by atomic mass is 32.1. The molecule has 0 bridgehead atoms. The van der Waals surface area contributed by atoms with E-state index >= 15 is 0 Å². The molecule has 1 fully saturated rings. The van der Waals surface area contributed by atoms with Gasteiger partial charge in [0.15, 0.2) is 0 Å². The number of hydrogen-bond acceptors (Lipinski definition) is 5. The number of nitrogens with zero attached hydrogens (tertiary/aromatic N) is 1. The summed E-state index contributed by atoms with van der Waals surface area (Å²) in [6.45, 7) is 6.54. The lowest BCUT2D eigenvalue weighted by Gasteiger charge is -2.29. The molecule has 0 saturated carbocycles. The Labute approximate surface area is 129 Å². The SMILES string of the molecule is CC(CN1CCOCC1)NC(=O)c1sccc1C#CCN. The zero-order valence-corrected chi connectivity index (χ0v) is 13.0. The highest BCUT2D eigenvalue weighted by Gasteiger charge is 2.18. The third-order valence-corrected chi connectivity index (χ3v) is 4.12.